The third-order valence-electron chi connectivity index (χ3n) is 8.08. The molecule has 11 heteroatoms. The number of nitrogens with one attached hydrogen (secondary N) is 1. The van der Waals surface area contributed by atoms with Crippen molar-refractivity contribution in [3.05, 3.63) is 64.1 Å². The molecule has 4 aromatic rings. The number of nitrogens with zero attached hydrogens (tertiary/aromatic N) is 6. The Morgan fingerprint density at radius 2 is 1.84 bits per heavy atom. The Morgan fingerprint density at radius 3 is 2.63 bits per heavy atom. The summed E-state index contributed by atoms with van der Waals surface area (Å²) in [5.74, 6) is 3.03. The number of H-pyrrole nitrogens is 1. The molecule has 1 atom stereocenters. The normalized spacial score (nSPS) is 19.8. The number of pyridine rings is 1. The van der Waals surface area contributed by atoms with Gasteiger partial charge in [-0.25, -0.2) is 4.68 Å². The molecule has 1 aliphatic carbocycles. The van der Waals surface area contributed by atoms with Crippen molar-refractivity contribution < 1.29 is 13.9 Å². The average Bonchev–Trinajstić information content (AvgIpc) is 3.72. The van der Waals surface area contributed by atoms with E-state index in [0.29, 0.717) is 17.1 Å². The monoisotopic (exact) mass is 517 g/mol. The van der Waals surface area contributed by atoms with Crippen molar-refractivity contribution in [1.82, 2.24) is 35.0 Å². The van der Waals surface area contributed by atoms with Gasteiger partial charge in [0.2, 0.25) is 6.79 Å². The van der Waals surface area contributed by atoms with E-state index in [-0.39, 0.29) is 24.4 Å². The van der Waals surface area contributed by atoms with Gasteiger partial charge in [-0.3, -0.25) is 14.6 Å². The quantitative estimate of drug-likeness (QED) is 0.412. The summed E-state index contributed by atoms with van der Waals surface area (Å²) in [6, 6.07) is 9.55. The molecule has 2 aliphatic heterocycles. The molecule has 0 unspecified atom stereocenters. The Balaban J connectivity index is 1.26. The first kappa shape index (κ1) is 23.4. The van der Waals surface area contributed by atoms with Gasteiger partial charge in [0.05, 0.1) is 24.4 Å². The number of hydrogen-bond acceptors (Lipinski definition) is 9. The summed E-state index contributed by atoms with van der Waals surface area (Å²) >= 11 is 0. The molecule has 11 nitrogen and oxygen atoms in total. The van der Waals surface area contributed by atoms with Crippen LogP contribution in [0.25, 0.3) is 10.9 Å². The molecule has 1 aromatic carbocycles. The predicted octanol–water partition coefficient (Wildman–Crippen LogP) is 3.25. The topological polar surface area (TPSA) is 115 Å². The third kappa shape index (κ3) is 4.35. The molecule has 5 heterocycles. The first-order valence-electron chi connectivity index (χ1n) is 13.5. The van der Waals surface area contributed by atoms with E-state index in [1.165, 1.54) is 19.3 Å². The Labute approximate surface area is 219 Å². The van der Waals surface area contributed by atoms with Crippen molar-refractivity contribution in [2.75, 3.05) is 33.0 Å². The lowest BCUT2D eigenvalue weighted by molar-refractivity contribution is 0.0937. The minimum atomic E-state index is -0.365. The van der Waals surface area contributed by atoms with Crippen molar-refractivity contribution in [3.8, 4) is 11.5 Å². The number of benzene rings is 1. The van der Waals surface area contributed by atoms with Gasteiger partial charge in [-0.2, -0.15) is 0 Å². The molecule has 1 saturated carbocycles. The summed E-state index contributed by atoms with van der Waals surface area (Å²) < 4.78 is 18.7. The lowest BCUT2D eigenvalue weighted by Crippen LogP contribution is -2.48. The summed E-state index contributed by atoms with van der Waals surface area (Å²) in [6.45, 7) is 4.22. The molecule has 0 amide bonds. The summed E-state index contributed by atoms with van der Waals surface area (Å²) in [7, 11) is 0. The van der Waals surface area contributed by atoms with Crippen molar-refractivity contribution in [3.63, 3.8) is 0 Å². The van der Waals surface area contributed by atoms with Crippen LogP contribution in [0.15, 0.2) is 45.8 Å². The second-order valence-corrected chi connectivity index (χ2v) is 10.4. The van der Waals surface area contributed by atoms with Gasteiger partial charge in [0, 0.05) is 43.2 Å². The highest BCUT2D eigenvalue weighted by Gasteiger charge is 2.34. The summed E-state index contributed by atoms with van der Waals surface area (Å²) in [5, 5.41) is 14.0. The number of aromatic amines is 1. The Morgan fingerprint density at radius 1 is 1.03 bits per heavy atom. The fourth-order valence-corrected chi connectivity index (χ4v) is 6.08. The van der Waals surface area contributed by atoms with Crippen molar-refractivity contribution in [2.24, 2.45) is 0 Å². The van der Waals surface area contributed by atoms with E-state index in [1.54, 1.807) is 6.26 Å². The van der Waals surface area contributed by atoms with Crippen molar-refractivity contribution >= 4 is 10.9 Å². The third-order valence-corrected chi connectivity index (χ3v) is 8.08. The van der Waals surface area contributed by atoms with Crippen LogP contribution < -0.4 is 15.0 Å². The van der Waals surface area contributed by atoms with Gasteiger partial charge in [-0.1, -0.05) is 19.3 Å². The number of aromatic nitrogens is 5. The molecule has 3 aliphatic rings. The lowest BCUT2D eigenvalue weighted by Gasteiger charge is -2.38. The molecular weight excluding hydrogens is 486 g/mol. The Hall–Kier alpha value is -3.70. The molecule has 0 radical (unpaired) electrons. The lowest BCUT2D eigenvalue weighted by atomic mass is 9.95. The second kappa shape index (κ2) is 9.88. The van der Waals surface area contributed by atoms with E-state index in [9.17, 15) is 4.79 Å². The number of fused-ring (bicyclic) bond motifs is 2. The van der Waals surface area contributed by atoms with Crippen molar-refractivity contribution in [2.45, 2.75) is 50.7 Å². The van der Waals surface area contributed by atoms with E-state index >= 15 is 0 Å². The molecule has 2 fully saturated rings. The zero-order valence-electron chi connectivity index (χ0n) is 21.2. The van der Waals surface area contributed by atoms with E-state index < -0.39 is 0 Å². The highest BCUT2D eigenvalue weighted by Crippen LogP contribution is 2.37. The number of furan rings is 1. The minimum absolute atomic E-state index is 0.141. The van der Waals surface area contributed by atoms with Crippen LogP contribution in [0.1, 0.15) is 61.3 Å². The SMILES string of the molecule is O=c1[nH]c2cc3c(cc2cc1[C@@H](c1nnnn1C1CCCCC1)N1CCN(Cc2ccco2)CC1)OCO3. The van der Waals surface area contributed by atoms with Crippen LogP contribution in [-0.2, 0) is 6.54 Å². The van der Waals surface area contributed by atoms with Gasteiger partial charge in [0.1, 0.15) is 11.8 Å². The Bertz CT molecular complexity index is 1470. The van der Waals surface area contributed by atoms with Crippen LogP contribution in [0.4, 0.5) is 0 Å². The highest BCUT2D eigenvalue weighted by atomic mass is 16.7. The fraction of sp³-hybridized carbons (Fsp3) is 0.481. The molecular formula is C27H31N7O4. The van der Waals surface area contributed by atoms with Crippen LogP contribution in [-0.4, -0.2) is 68.0 Å². The molecule has 7 rings (SSSR count). The van der Waals surface area contributed by atoms with E-state index in [1.807, 2.05) is 35.0 Å². The van der Waals surface area contributed by atoms with E-state index in [4.69, 9.17) is 13.9 Å². The van der Waals surface area contributed by atoms with Crippen molar-refractivity contribution in [1.29, 1.82) is 0 Å². The number of hydrogen-bond donors (Lipinski definition) is 1. The van der Waals surface area contributed by atoms with Crippen LogP contribution in [0.3, 0.4) is 0 Å². The molecule has 1 saturated heterocycles. The number of piperazine rings is 1. The zero-order valence-corrected chi connectivity index (χ0v) is 21.2. The number of ether oxygens (including phenoxy) is 2. The summed E-state index contributed by atoms with van der Waals surface area (Å²) in [4.78, 5) is 21.4. The highest BCUT2D eigenvalue weighted by molar-refractivity contribution is 5.83. The number of rotatable bonds is 6. The van der Waals surface area contributed by atoms with Gasteiger partial charge in [0.25, 0.3) is 5.56 Å². The standard InChI is InChI=1S/C27H31N7O4/c35-27-21(13-18-14-23-24(38-17-37-23)15-22(18)28-27)25(26-29-30-31-34(26)19-5-2-1-3-6-19)33-10-8-32(9-11-33)16-20-7-4-12-36-20/h4,7,12-15,19,25H,1-3,5-6,8-11,16-17H2,(H,28,35)/t25-/m0/s1. The van der Waals surface area contributed by atoms with E-state index in [2.05, 4.69) is 30.3 Å². The molecule has 38 heavy (non-hydrogen) atoms. The molecule has 198 valence electrons. The predicted molar refractivity (Wildman–Crippen MR) is 138 cm³/mol. The molecule has 0 bridgehead atoms. The maximum atomic E-state index is 13.6. The van der Waals surface area contributed by atoms with Gasteiger partial charge in [-0.05, 0) is 47.5 Å². The van der Waals surface area contributed by atoms with Gasteiger partial charge < -0.3 is 18.9 Å². The first-order valence-corrected chi connectivity index (χ1v) is 13.5. The van der Waals surface area contributed by atoms with Gasteiger partial charge in [-0.15, -0.1) is 5.10 Å². The average molecular weight is 518 g/mol. The van der Waals surface area contributed by atoms with Crippen LogP contribution in [0.2, 0.25) is 0 Å². The minimum Gasteiger partial charge on any atom is -0.468 e. The summed E-state index contributed by atoms with van der Waals surface area (Å²) in [6.07, 6.45) is 7.41. The van der Waals surface area contributed by atoms with Crippen LogP contribution >= 0.6 is 0 Å². The van der Waals surface area contributed by atoms with E-state index in [0.717, 1.165) is 68.1 Å². The van der Waals surface area contributed by atoms with Crippen LogP contribution in [0, 0.1) is 0 Å². The van der Waals surface area contributed by atoms with Gasteiger partial charge >= 0.3 is 0 Å². The second-order valence-electron chi connectivity index (χ2n) is 10.4. The smallest absolute Gasteiger partial charge is 0.253 e. The number of tetrazole rings is 1. The summed E-state index contributed by atoms with van der Waals surface area (Å²) in [5.41, 5.74) is 1.22. The zero-order chi connectivity index (χ0) is 25.5. The Kier molecular flexibility index (Phi) is 6.09. The van der Waals surface area contributed by atoms with Gasteiger partial charge in [0.15, 0.2) is 17.3 Å². The molecule has 3 aromatic heterocycles. The fourth-order valence-electron chi connectivity index (χ4n) is 6.08. The van der Waals surface area contributed by atoms with Crippen LogP contribution in [0.5, 0.6) is 11.5 Å². The molecule has 0 spiro atoms. The first-order chi connectivity index (χ1) is 18.7. The maximum Gasteiger partial charge on any atom is 0.253 e. The molecule has 1 N–H and O–H groups in total. The largest absolute Gasteiger partial charge is 0.468 e. The maximum absolute atomic E-state index is 13.6.